The largest absolute Gasteiger partial charge is 0.366 e. The summed E-state index contributed by atoms with van der Waals surface area (Å²) in [6.45, 7) is 0. The fourth-order valence-corrected chi connectivity index (χ4v) is 1.35. The lowest BCUT2D eigenvalue weighted by Crippen LogP contribution is -1.85. The van der Waals surface area contributed by atoms with Crippen molar-refractivity contribution in [2.75, 3.05) is 5.73 Å². The van der Waals surface area contributed by atoms with Crippen LogP contribution >= 0.6 is 23.2 Å². The Morgan fingerprint density at radius 1 is 1.21 bits per heavy atom. The molecule has 0 fully saturated rings. The molecule has 0 aliphatic carbocycles. The van der Waals surface area contributed by atoms with E-state index in [0.717, 1.165) is 5.56 Å². The van der Waals surface area contributed by atoms with Crippen molar-refractivity contribution in [3.05, 3.63) is 28.2 Å². The second-order valence-corrected chi connectivity index (χ2v) is 3.49. The smallest absolute Gasteiger partial charge is 0.239 e. The lowest BCUT2D eigenvalue weighted by atomic mass is 10.2. The molecule has 1 aromatic carbocycles. The van der Waals surface area contributed by atoms with Gasteiger partial charge in [-0.3, -0.25) is 5.10 Å². The number of hydrogen-bond acceptors (Lipinski definition) is 3. The number of nitrogens with two attached hydrogens (primary N) is 1. The summed E-state index contributed by atoms with van der Waals surface area (Å²) in [4.78, 5) is 3.96. The predicted octanol–water partition coefficient (Wildman–Crippen LogP) is 2.36. The van der Waals surface area contributed by atoms with Crippen LogP contribution in [-0.2, 0) is 0 Å². The quantitative estimate of drug-likeness (QED) is 0.788. The van der Waals surface area contributed by atoms with Crippen molar-refractivity contribution in [1.82, 2.24) is 15.2 Å². The SMILES string of the molecule is Nc1n[nH]c(-c2ccc(Cl)c(Cl)c2)n1. The van der Waals surface area contributed by atoms with E-state index in [9.17, 15) is 0 Å². The molecule has 0 saturated heterocycles. The molecular weight excluding hydrogens is 223 g/mol. The van der Waals surface area contributed by atoms with Crippen LogP contribution < -0.4 is 5.73 Å². The lowest BCUT2D eigenvalue weighted by molar-refractivity contribution is 1.10. The van der Waals surface area contributed by atoms with Crippen LogP contribution in [0.15, 0.2) is 18.2 Å². The van der Waals surface area contributed by atoms with E-state index < -0.39 is 0 Å². The van der Waals surface area contributed by atoms with E-state index >= 15 is 0 Å². The molecular formula is C8H6Cl2N4. The van der Waals surface area contributed by atoms with E-state index in [-0.39, 0.29) is 5.95 Å². The highest BCUT2D eigenvalue weighted by Gasteiger charge is 2.05. The Morgan fingerprint density at radius 2 is 2.00 bits per heavy atom. The third-order valence-electron chi connectivity index (χ3n) is 1.70. The van der Waals surface area contributed by atoms with E-state index in [1.807, 2.05) is 0 Å². The van der Waals surface area contributed by atoms with Gasteiger partial charge in [0.05, 0.1) is 10.0 Å². The number of H-pyrrole nitrogens is 1. The van der Waals surface area contributed by atoms with Crippen LogP contribution in [0.3, 0.4) is 0 Å². The van der Waals surface area contributed by atoms with Crippen LogP contribution in [-0.4, -0.2) is 15.2 Å². The van der Waals surface area contributed by atoms with E-state index in [2.05, 4.69) is 15.2 Å². The molecule has 3 N–H and O–H groups in total. The number of aromatic nitrogens is 3. The van der Waals surface area contributed by atoms with Gasteiger partial charge in [-0.1, -0.05) is 23.2 Å². The molecule has 72 valence electrons. The summed E-state index contributed by atoms with van der Waals surface area (Å²) in [5.74, 6) is 0.770. The topological polar surface area (TPSA) is 67.6 Å². The summed E-state index contributed by atoms with van der Waals surface area (Å²) in [6.07, 6.45) is 0. The zero-order valence-corrected chi connectivity index (χ0v) is 8.47. The number of hydrogen-bond donors (Lipinski definition) is 2. The Bertz CT molecular complexity index is 466. The molecule has 0 unspecified atom stereocenters. The van der Waals surface area contributed by atoms with E-state index in [4.69, 9.17) is 28.9 Å². The van der Waals surface area contributed by atoms with Crippen molar-refractivity contribution in [3.63, 3.8) is 0 Å². The normalized spacial score (nSPS) is 10.4. The van der Waals surface area contributed by atoms with Crippen LogP contribution in [0.1, 0.15) is 0 Å². The maximum Gasteiger partial charge on any atom is 0.239 e. The maximum absolute atomic E-state index is 5.85. The number of aromatic amines is 1. The van der Waals surface area contributed by atoms with E-state index in [1.165, 1.54) is 0 Å². The molecule has 0 radical (unpaired) electrons. The number of halogens is 2. The van der Waals surface area contributed by atoms with Gasteiger partial charge in [-0.05, 0) is 18.2 Å². The Balaban J connectivity index is 2.47. The summed E-state index contributed by atoms with van der Waals surface area (Å²) in [5, 5.41) is 7.37. The molecule has 0 atom stereocenters. The zero-order chi connectivity index (χ0) is 10.1. The molecule has 2 aromatic rings. The van der Waals surface area contributed by atoms with Gasteiger partial charge in [0.1, 0.15) is 0 Å². The van der Waals surface area contributed by atoms with Crippen molar-refractivity contribution >= 4 is 29.2 Å². The number of anilines is 1. The average Bonchev–Trinajstić information content (AvgIpc) is 2.57. The minimum atomic E-state index is 0.200. The molecule has 1 heterocycles. The highest BCUT2D eigenvalue weighted by Crippen LogP contribution is 2.26. The predicted molar refractivity (Wildman–Crippen MR) is 56.3 cm³/mol. The van der Waals surface area contributed by atoms with Gasteiger partial charge >= 0.3 is 0 Å². The van der Waals surface area contributed by atoms with Gasteiger partial charge in [-0.15, -0.1) is 5.10 Å². The third kappa shape index (κ3) is 1.66. The second-order valence-electron chi connectivity index (χ2n) is 2.67. The van der Waals surface area contributed by atoms with Gasteiger partial charge in [0.2, 0.25) is 5.95 Å². The molecule has 0 spiro atoms. The van der Waals surface area contributed by atoms with Gasteiger partial charge in [0.15, 0.2) is 5.82 Å². The molecule has 0 aliphatic rings. The number of nitrogens with one attached hydrogen (secondary N) is 1. The Hall–Kier alpha value is -1.26. The maximum atomic E-state index is 5.85. The summed E-state index contributed by atoms with van der Waals surface area (Å²) in [5.41, 5.74) is 6.17. The fourth-order valence-electron chi connectivity index (χ4n) is 1.05. The van der Waals surface area contributed by atoms with E-state index in [0.29, 0.717) is 15.9 Å². The minimum Gasteiger partial charge on any atom is -0.366 e. The first-order valence-corrected chi connectivity index (χ1v) is 4.56. The first-order valence-electron chi connectivity index (χ1n) is 3.80. The minimum absolute atomic E-state index is 0.200. The third-order valence-corrected chi connectivity index (χ3v) is 2.43. The van der Waals surface area contributed by atoms with Crippen LogP contribution in [0.4, 0.5) is 5.95 Å². The molecule has 6 heteroatoms. The Labute approximate surface area is 90.1 Å². The summed E-state index contributed by atoms with van der Waals surface area (Å²) >= 11 is 11.6. The monoisotopic (exact) mass is 228 g/mol. The summed E-state index contributed by atoms with van der Waals surface area (Å²) in [7, 11) is 0. The highest BCUT2D eigenvalue weighted by molar-refractivity contribution is 6.42. The van der Waals surface area contributed by atoms with Gasteiger partial charge < -0.3 is 5.73 Å². The molecule has 0 amide bonds. The first-order chi connectivity index (χ1) is 6.66. The first kappa shape index (κ1) is 9.30. The van der Waals surface area contributed by atoms with Gasteiger partial charge in [-0.2, -0.15) is 4.98 Å². The zero-order valence-electron chi connectivity index (χ0n) is 6.96. The highest BCUT2D eigenvalue weighted by atomic mass is 35.5. The fraction of sp³-hybridized carbons (Fsp3) is 0. The Morgan fingerprint density at radius 3 is 2.57 bits per heavy atom. The van der Waals surface area contributed by atoms with Crippen molar-refractivity contribution in [3.8, 4) is 11.4 Å². The molecule has 0 saturated carbocycles. The molecule has 4 nitrogen and oxygen atoms in total. The van der Waals surface area contributed by atoms with Crippen LogP contribution in [0.25, 0.3) is 11.4 Å². The van der Waals surface area contributed by atoms with Crippen molar-refractivity contribution in [2.24, 2.45) is 0 Å². The average molecular weight is 229 g/mol. The summed E-state index contributed by atoms with van der Waals surface area (Å²) < 4.78 is 0. The Kier molecular flexibility index (Phi) is 2.31. The van der Waals surface area contributed by atoms with Crippen molar-refractivity contribution in [1.29, 1.82) is 0 Å². The van der Waals surface area contributed by atoms with Crippen molar-refractivity contribution < 1.29 is 0 Å². The van der Waals surface area contributed by atoms with E-state index in [1.54, 1.807) is 18.2 Å². The summed E-state index contributed by atoms with van der Waals surface area (Å²) in [6, 6.07) is 5.18. The van der Waals surface area contributed by atoms with Gasteiger partial charge in [0, 0.05) is 5.56 Å². The molecule has 2 rings (SSSR count). The number of nitrogen functional groups attached to an aromatic ring is 1. The number of benzene rings is 1. The molecule has 1 aromatic heterocycles. The van der Waals surface area contributed by atoms with Gasteiger partial charge in [-0.25, -0.2) is 0 Å². The standard InChI is InChI=1S/C8H6Cl2N4/c9-5-2-1-4(3-6(5)10)7-12-8(11)14-13-7/h1-3H,(H3,11,12,13,14). The van der Waals surface area contributed by atoms with Crippen molar-refractivity contribution in [2.45, 2.75) is 0 Å². The molecule has 0 bridgehead atoms. The molecule has 0 aliphatic heterocycles. The molecule has 14 heavy (non-hydrogen) atoms. The number of rotatable bonds is 1. The van der Waals surface area contributed by atoms with Gasteiger partial charge in [0.25, 0.3) is 0 Å². The second kappa shape index (κ2) is 3.48. The van der Waals surface area contributed by atoms with Crippen LogP contribution in [0.2, 0.25) is 10.0 Å². The van der Waals surface area contributed by atoms with Crippen LogP contribution in [0.5, 0.6) is 0 Å². The lowest BCUT2D eigenvalue weighted by Gasteiger charge is -1.98. The van der Waals surface area contributed by atoms with Crippen LogP contribution in [0, 0.1) is 0 Å². The number of nitrogens with zero attached hydrogens (tertiary/aromatic N) is 2.